The molecule has 84 valence electrons. The second-order valence-corrected chi connectivity index (χ2v) is 11.4. The van der Waals surface area contributed by atoms with Gasteiger partial charge in [0.15, 0.2) is 0 Å². The fourth-order valence-corrected chi connectivity index (χ4v) is 5.68. The summed E-state index contributed by atoms with van der Waals surface area (Å²) in [5, 5.41) is 0.537. The predicted octanol–water partition coefficient (Wildman–Crippen LogP) is 4.21. The van der Waals surface area contributed by atoms with Crippen LogP contribution in [0.15, 0.2) is 0 Å². The maximum Gasteiger partial charge on any atom is 0.125 e. The minimum absolute atomic E-state index is 0.274. The first kappa shape index (κ1) is 14.6. The molecule has 0 saturated carbocycles. The third-order valence-corrected chi connectivity index (χ3v) is 5.94. The van der Waals surface area contributed by atoms with Gasteiger partial charge in [0, 0.05) is 0 Å². The molecule has 0 fully saturated rings. The summed E-state index contributed by atoms with van der Waals surface area (Å²) in [6.07, 6.45) is 6.18. The van der Waals surface area contributed by atoms with Crippen molar-refractivity contribution in [1.82, 2.24) is 0 Å². The molecule has 0 aliphatic carbocycles. The van der Waals surface area contributed by atoms with Gasteiger partial charge in [0.25, 0.3) is 0 Å². The molecule has 0 rings (SSSR count). The summed E-state index contributed by atoms with van der Waals surface area (Å²) in [6, 6.07) is 0. The lowest BCUT2D eigenvalue weighted by Gasteiger charge is -2.18. The Bertz CT molecular complexity index is 175. The average Bonchev–Trinajstić information content (AvgIpc) is 2.09. The highest BCUT2D eigenvalue weighted by atomic mass is 127. The molecule has 0 aromatic carbocycles. The standard InChI is InChI=1S/C11H23IOSi/c1-5-6-7-8-9-10(12)11(13)14(2,3)4/h10H,5-9H2,1-4H3. The Labute approximate surface area is 103 Å². The zero-order valence-corrected chi connectivity index (χ0v) is 13.1. The molecule has 1 atom stereocenters. The van der Waals surface area contributed by atoms with Gasteiger partial charge in [-0.05, 0) is 6.42 Å². The van der Waals surface area contributed by atoms with E-state index in [1.54, 1.807) is 0 Å². The van der Waals surface area contributed by atoms with E-state index in [1.165, 1.54) is 25.7 Å². The first-order chi connectivity index (χ1) is 6.39. The Morgan fingerprint density at radius 2 is 1.79 bits per heavy atom. The van der Waals surface area contributed by atoms with Crippen LogP contribution in [-0.4, -0.2) is 17.4 Å². The number of halogens is 1. The Balaban J connectivity index is 3.74. The van der Waals surface area contributed by atoms with Gasteiger partial charge in [-0.25, -0.2) is 0 Å². The third-order valence-electron chi connectivity index (χ3n) is 2.33. The first-order valence-electron chi connectivity index (χ1n) is 5.58. The molecule has 0 amide bonds. The van der Waals surface area contributed by atoms with Crippen LogP contribution in [0, 0.1) is 0 Å². The van der Waals surface area contributed by atoms with E-state index in [0.717, 1.165) is 6.42 Å². The predicted molar refractivity (Wildman–Crippen MR) is 74.9 cm³/mol. The number of alkyl halides is 1. The Hall–Kier alpha value is 0.617. The molecular formula is C11H23IOSi. The number of carbonyl (C=O) groups is 1. The molecule has 0 saturated heterocycles. The van der Waals surface area contributed by atoms with Crippen LogP contribution in [0.3, 0.4) is 0 Å². The van der Waals surface area contributed by atoms with E-state index in [9.17, 15) is 4.79 Å². The first-order valence-corrected chi connectivity index (χ1v) is 10.3. The minimum Gasteiger partial charge on any atom is -0.304 e. The summed E-state index contributed by atoms with van der Waals surface area (Å²) in [6.45, 7) is 8.65. The van der Waals surface area contributed by atoms with Crippen molar-refractivity contribution in [3.8, 4) is 0 Å². The molecule has 0 radical (unpaired) electrons. The zero-order chi connectivity index (χ0) is 11.2. The van der Waals surface area contributed by atoms with Crippen molar-refractivity contribution in [1.29, 1.82) is 0 Å². The van der Waals surface area contributed by atoms with Gasteiger partial charge >= 0.3 is 0 Å². The molecule has 0 aromatic rings. The maximum atomic E-state index is 11.9. The van der Waals surface area contributed by atoms with E-state index in [2.05, 4.69) is 49.2 Å². The molecule has 1 nitrogen and oxygen atoms in total. The maximum absolute atomic E-state index is 11.9. The van der Waals surface area contributed by atoms with Crippen LogP contribution in [0.5, 0.6) is 0 Å². The second-order valence-electron chi connectivity index (χ2n) is 4.93. The van der Waals surface area contributed by atoms with Crippen molar-refractivity contribution in [3.63, 3.8) is 0 Å². The van der Waals surface area contributed by atoms with Crippen molar-refractivity contribution in [2.45, 2.75) is 62.6 Å². The van der Waals surface area contributed by atoms with Gasteiger partial charge < -0.3 is 4.79 Å². The van der Waals surface area contributed by atoms with Gasteiger partial charge in [-0.15, -0.1) is 0 Å². The number of carbonyl (C=O) groups excluding carboxylic acids is 1. The van der Waals surface area contributed by atoms with Gasteiger partial charge in [-0.1, -0.05) is 74.8 Å². The van der Waals surface area contributed by atoms with Crippen LogP contribution in [0.4, 0.5) is 0 Å². The van der Waals surface area contributed by atoms with Crippen LogP contribution >= 0.6 is 22.6 Å². The number of rotatable bonds is 7. The highest BCUT2D eigenvalue weighted by Gasteiger charge is 2.29. The largest absolute Gasteiger partial charge is 0.304 e. The number of hydrogen-bond donors (Lipinski definition) is 0. The fraction of sp³-hybridized carbons (Fsp3) is 0.909. The summed E-state index contributed by atoms with van der Waals surface area (Å²) >= 11 is 2.33. The number of hydrogen-bond acceptors (Lipinski definition) is 1. The molecular weight excluding hydrogens is 303 g/mol. The molecule has 0 aliphatic heterocycles. The minimum atomic E-state index is -1.54. The molecule has 3 heteroatoms. The monoisotopic (exact) mass is 326 g/mol. The lowest BCUT2D eigenvalue weighted by molar-refractivity contribution is -0.112. The van der Waals surface area contributed by atoms with Gasteiger partial charge in [0.2, 0.25) is 0 Å². The summed E-state index contributed by atoms with van der Waals surface area (Å²) in [4.78, 5) is 11.9. The van der Waals surface area contributed by atoms with Crippen molar-refractivity contribution in [3.05, 3.63) is 0 Å². The van der Waals surface area contributed by atoms with Gasteiger partial charge in [-0.3, -0.25) is 0 Å². The topological polar surface area (TPSA) is 17.1 Å². The van der Waals surface area contributed by atoms with Gasteiger partial charge in [0.1, 0.15) is 13.5 Å². The summed E-state index contributed by atoms with van der Waals surface area (Å²) in [5.41, 5.74) is 0. The SMILES string of the molecule is CCCCCCC(I)C(=O)[Si](C)(C)C. The Morgan fingerprint density at radius 1 is 1.21 bits per heavy atom. The van der Waals surface area contributed by atoms with E-state index in [4.69, 9.17) is 0 Å². The van der Waals surface area contributed by atoms with E-state index >= 15 is 0 Å². The van der Waals surface area contributed by atoms with Crippen LogP contribution in [0.2, 0.25) is 19.6 Å². The quantitative estimate of drug-likeness (QED) is 0.296. The second kappa shape index (κ2) is 6.98. The highest BCUT2D eigenvalue weighted by Crippen LogP contribution is 2.18. The normalized spacial score (nSPS) is 14.1. The van der Waals surface area contributed by atoms with Crippen molar-refractivity contribution >= 4 is 36.1 Å². The molecule has 0 N–H and O–H groups in total. The molecule has 0 aliphatic rings. The molecule has 0 aromatic heterocycles. The molecule has 0 heterocycles. The fourth-order valence-electron chi connectivity index (χ4n) is 1.35. The smallest absolute Gasteiger partial charge is 0.125 e. The lowest BCUT2D eigenvalue weighted by Crippen LogP contribution is -2.39. The van der Waals surface area contributed by atoms with Crippen LogP contribution in [-0.2, 0) is 4.79 Å². The van der Waals surface area contributed by atoms with Crippen molar-refractivity contribution in [2.75, 3.05) is 0 Å². The molecule has 0 bridgehead atoms. The van der Waals surface area contributed by atoms with E-state index in [1.807, 2.05) is 0 Å². The van der Waals surface area contributed by atoms with Crippen molar-refractivity contribution in [2.24, 2.45) is 0 Å². The van der Waals surface area contributed by atoms with E-state index in [0.29, 0.717) is 5.41 Å². The van der Waals surface area contributed by atoms with Crippen molar-refractivity contribution < 1.29 is 4.79 Å². The highest BCUT2D eigenvalue weighted by molar-refractivity contribution is 14.1. The Morgan fingerprint density at radius 3 is 2.21 bits per heavy atom. The van der Waals surface area contributed by atoms with Crippen LogP contribution in [0.25, 0.3) is 0 Å². The average molecular weight is 326 g/mol. The summed E-state index contributed by atoms with van der Waals surface area (Å²) in [5.74, 6) is 0. The molecule has 1 unspecified atom stereocenters. The van der Waals surface area contributed by atoms with Gasteiger partial charge in [-0.2, -0.15) is 0 Å². The molecule has 14 heavy (non-hydrogen) atoms. The van der Waals surface area contributed by atoms with Crippen LogP contribution < -0.4 is 0 Å². The zero-order valence-electron chi connectivity index (χ0n) is 9.90. The number of unbranched alkanes of at least 4 members (excludes halogenated alkanes) is 3. The van der Waals surface area contributed by atoms with E-state index < -0.39 is 8.07 Å². The summed E-state index contributed by atoms with van der Waals surface area (Å²) < 4.78 is 0.274. The van der Waals surface area contributed by atoms with E-state index in [-0.39, 0.29) is 3.92 Å². The summed E-state index contributed by atoms with van der Waals surface area (Å²) in [7, 11) is -1.54. The van der Waals surface area contributed by atoms with Gasteiger partial charge in [0.05, 0.1) is 3.92 Å². The molecule has 0 spiro atoms. The third kappa shape index (κ3) is 6.17. The Kier molecular flexibility index (Phi) is 7.29. The lowest BCUT2D eigenvalue weighted by atomic mass is 10.1. The van der Waals surface area contributed by atoms with Crippen LogP contribution in [0.1, 0.15) is 39.0 Å².